The van der Waals surface area contributed by atoms with Gasteiger partial charge in [0.25, 0.3) is 0 Å². The molecule has 0 saturated heterocycles. The molecule has 1 heterocycles. The summed E-state index contributed by atoms with van der Waals surface area (Å²) in [6, 6.07) is 8.91. The number of rotatable bonds is 6. The van der Waals surface area contributed by atoms with E-state index in [1.165, 1.54) is 11.3 Å². The Bertz CT molecular complexity index is 726. The molecule has 4 nitrogen and oxygen atoms in total. The van der Waals surface area contributed by atoms with Gasteiger partial charge in [-0.05, 0) is 57.7 Å². The molecule has 0 atom stereocenters. The summed E-state index contributed by atoms with van der Waals surface area (Å²) in [6.45, 7) is 2.64. The van der Waals surface area contributed by atoms with Gasteiger partial charge in [-0.1, -0.05) is 13.0 Å². The van der Waals surface area contributed by atoms with Crippen LogP contribution in [0.1, 0.15) is 22.9 Å². The van der Waals surface area contributed by atoms with E-state index in [0.29, 0.717) is 6.54 Å². The lowest BCUT2D eigenvalue weighted by atomic mass is 10.1. The summed E-state index contributed by atoms with van der Waals surface area (Å²) in [4.78, 5) is 1.21. The van der Waals surface area contributed by atoms with Crippen LogP contribution in [0.2, 0.25) is 0 Å². The molecule has 0 fully saturated rings. The molecule has 0 amide bonds. The molecule has 21 heavy (non-hydrogen) atoms. The van der Waals surface area contributed by atoms with Crippen LogP contribution in [-0.2, 0) is 29.5 Å². The highest BCUT2D eigenvalue weighted by molar-refractivity contribution is 9.11. The Morgan fingerprint density at radius 1 is 1.24 bits per heavy atom. The molecule has 0 unspecified atom stereocenters. The molecule has 1 aromatic heterocycles. The molecule has 2 rings (SSSR count). The van der Waals surface area contributed by atoms with Crippen molar-refractivity contribution in [2.45, 2.75) is 31.3 Å². The molecule has 0 aliphatic rings. The highest BCUT2D eigenvalue weighted by Gasteiger charge is 2.15. The van der Waals surface area contributed by atoms with Gasteiger partial charge in [0, 0.05) is 18.0 Å². The maximum Gasteiger partial charge on any atom is 0.240 e. The first kappa shape index (κ1) is 16.6. The van der Waals surface area contributed by atoms with E-state index in [4.69, 9.17) is 5.73 Å². The number of halogens is 1. The third kappa shape index (κ3) is 4.14. The lowest BCUT2D eigenvalue weighted by Crippen LogP contribution is -2.23. The van der Waals surface area contributed by atoms with E-state index < -0.39 is 10.0 Å². The van der Waals surface area contributed by atoms with Crippen molar-refractivity contribution in [3.63, 3.8) is 0 Å². The molecule has 1 aromatic carbocycles. The maximum absolute atomic E-state index is 12.3. The van der Waals surface area contributed by atoms with Gasteiger partial charge in [0.2, 0.25) is 10.0 Å². The monoisotopic (exact) mass is 388 g/mol. The molecule has 0 aliphatic carbocycles. The molecule has 2 aromatic rings. The fraction of sp³-hybridized carbons (Fsp3) is 0.286. The molecule has 7 heteroatoms. The van der Waals surface area contributed by atoms with Crippen molar-refractivity contribution >= 4 is 37.3 Å². The van der Waals surface area contributed by atoms with Crippen molar-refractivity contribution in [3.05, 3.63) is 50.1 Å². The van der Waals surface area contributed by atoms with Crippen molar-refractivity contribution in [2.24, 2.45) is 5.73 Å². The van der Waals surface area contributed by atoms with Gasteiger partial charge in [-0.15, -0.1) is 11.3 Å². The Kier molecular flexibility index (Phi) is 5.56. The average Bonchev–Trinajstić information content (AvgIpc) is 2.90. The minimum atomic E-state index is -3.52. The summed E-state index contributed by atoms with van der Waals surface area (Å²) < 4.78 is 28.2. The normalized spacial score (nSPS) is 11.8. The van der Waals surface area contributed by atoms with Crippen molar-refractivity contribution in [2.75, 3.05) is 0 Å². The molecule has 0 radical (unpaired) electrons. The van der Waals surface area contributed by atoms with Gasteiger partial charge in [-0.25, -0.2) is 13.1 Å². The van der Waals surface area contributed by atoms with Crippen LogP contribution in [0.5, 0.6) is 0 Å². The zero-order chi connectivity index (χ0) is 15.5. The van der Waals surface area contributed by atoms with Crippen molar-refractivity contribution in [1.29, 1.82) is 0 Å². The molecular formula is C14H17BrN2O2S2. The average molecular weight is 389 g/mol. The summed E-state index contributed by atoms with van der Waals surface area (Å²) in [5.74, 6) is 0. The van der Waals surface area contributed by atoms with E-state index >= 15 is 0 Å². The number of nitrogens with one attached hydrogen (secondary N) is 1. The molecule has 3 N–H and O–H groups in total. The van der Waals surface area contributed by atoms with Gasteiger partial charge in [0.1, 0.15) is 0 Å². The number of aryl methyl sites for hydroxylation is 1. The number of thiophene rings is 1. The van der Waals surface area contributed by atoms with Crippen LogP contribution in [0.3, 0.4) is 0 Å². The third-order valence-electron chi connectivity index (χ3n) is 3.15. The van der Waals surface area contributed by atoms with Gasteiger partial charge in [-0.3, -0.25) is 0 Å². The first-order chi connectivity index (χ1) is 9.96. The molecule has 0 spiro atoms. The summed E-state index contributed by atoms with van der Waals surface area (Å²) in [6.07, 6.45) is 0.837. The quantitative estimate of drug-likeness (QED) is 0.798. The van der Waals surface area contributed by atoms with Crippen LogP contribution in [0.4, 0.5) is 0 Å². The maximum atomic E-state index is 12.3. The van der Waals surface area contributed by atoms with Crippen LogP contribution in [0.15, 0.2) is 39.0 Å². The highest BCUT2D eigenvalue weighted by atomic mass is 79.9. The zero-order valence-corrected chi connectivity index (χ0v) is 14.8. The van der Waals surface area contributed by atoms with E-state index in [2.05, 4.69) is 20.7 Å². The largest absolute Gasteiger partial charge is 0.326 e. The fourth-order valence-electron chi connectivity index (χ4n) is 2.00. The number of nitrogens with two attached hydrogens (primary N) is 1. The summed E-state index contributed by atoms with van der Waals surface area (Å²) in [5, 5.41) is 0. The second-order valence-corrected chi connectivity index (χ2v) is 8.83. The standard InChI is InChI=1S/C14H17BrN2O2S2/c1-2-10-3-5-13(7-11(10)8-16)21(18,19)17-9-12-4-6-14(15)20-12/h3-7,17H,2,8-9,16H2,1H3. The number of benzene rings is 1. The number of sulfonamides is 1. The van der Waals surface area contributed by atoms with Crippen LogP contribution in [-0.4, -0.2) is 8.42 Å². The summed E-state index contributed by atoms with van der Waals surface area (Å²) in [7, 11) is -3.52. The van der Waals surface area contributed by atoms with Crippen LogP contribution < -0.4 is 10.5 Å². The van der Waals surface area contributed by atoms with E-state index in [1.54, 1.807) is 12.1 Å². The predicted octanol–water partition coefficient (Wildman–Crippen LogP) is 3.01. The SMILES string of the molecule is CCc1ccc(S(=O)(=O)NCc2ccc(Br)s2)cc1CN. The van der Waals surface area contributed by atoms with Crippen molar-refractivity contribution in [3.8, 4) is 0 Å². The molecule has 0 saturated carbocycles. The Morgan fingerprint density at radius 3 is 2.57 bits per heavy atom. The third-order valence-corrected chi connectivity index (χ3v) is 6.18. The van der Waals surface area contributed by atoms with E-state index in [9.17, 15) is 8.42 Å². The molecule has 114 valence electrons. The Morgan fingerprint density at radius 2 is 2.00 bits per heavy atom. The minimum absolute atomic E-state index is 0.260. The summed E-state index contributed by atoms with van der Waals surface area (Å²) in [5.41, 5.74) is 7.64. The predicted molar refractivity (Wildman–Crippen MR) is 89.8 cm³/mol. The van der Waals surface area contributed by atoms with Crippen LogP contribution in [0, 0.1) is 0 Å². The minimum Gasteiger partial charge on any atom is -0.326 e. The second kappa shape index (κ2) is 7.02. The van der Waals surface area contributed by atoms with Gasteiger partial charge in [-0.2, -0.15) is 0 Å². The van der Waals surface area contributed by atoms with Crippen LogP contribution >= 0.6 is 27.3 Å². The molecular weight excluding hydrogens is 372 g/mol. The number of hydrogen-bond acceptors (Lipinski definition) is 4. The Hall–Kier alpha value is -0.730. The van der Waals surface area contributed by atoms with Gasteiger partial charge < -0.3 is 5.73 Å². The second-order valence-electron chi connectivity index (χ2n) is 4.52. The van der Waals surface area contributed by atoms with Crippen molar-refractivity contribution in [1.82, 2.24) is 4.72 Å². The van der Waals surface area contributed by atoms with Gasteiger partial charge in [0.05, 0.1) is 8.68 Å². The van der Waals surface area contributed by atoms with E-state index in [-0.39, 0.29) is 11.4 Å². The Balaban J connectivity index is 2.19. The Labute approximate surface area is 137 Å². The van der Waals surface area contributed by atoms with Crippen molar-refractivity contribution < 1.29 is 8.42 Å². The topological polar surface area (TPSA) is 72.2 Å². The van der Waals surface area contributed by atoms with Crippen LogP contribution in [0.25, 0.3) is 0 Å². The summed E-state index contributed by atoms with van der Waals surface area (Å²) >= 11 is 4.87. The zero-order valence-electron chi connectivity index (χ0n) is 11.6. The lowest BCUT2D eigenvalue weighted by Gasteiger charge is -2.10. The van der Waals surface area contributed by atoms with Gasteiger partial charge >= 0.3 is 0 Å². The lowest BCUT2D eigenvalue weighted by molar-refractivity contribution is 0.581. The smallest absolute Gasteiger partial charge is 0.240 e. The van der Waals surface area contributed by atoms with E-state index in [1.807, 2.05) is 25.1 Å². The molecule has 0 bridgehead atoms. The number of hydrogen-bond donors (Lipinski definition) is 2. The molecule has 0 aliphatic heterocycles. The highest BCUT2D eigenvalue weighted by Crippen LogP contribution is 2.22. The van der Waals surface area contributed by atoms with E-state index in [0.717, 1.165) is 26.2 Å². The fourth-order valence-corrected chi connectivity index (χ4v) is 4.57. The van der Waals surface area contributed by atoms with Gasteiger partial charge in [0.15, 0.2) is 0 Å². The first-order valence-corrected chi connectivity index (χ1v) is 9.61. The first-order valence-electron chi connectivity index (χ1n) is 6.52.